The summed E-state index contributed by atoms with van der Waals surface area (Å²) in [6.45, 7) is 3.60. The number of likely N-dealkylation sites (tertiary alicyclic amines) is 1. The first-order valence-electron chi connectivity index (χ1n) is 7.98. The number of amides is 1. The molecular formula is C16H24ClN3O3S. The predicted molar refractivity (Wildman–Crippen MR) is 95.5 cm³/mol. The highest BCUT2D eigenvalue weighted by atomic mass is 35.5. The lowest BCUT2D eigenvalue weighted by Gasteiger charge is -2.31. The van der Waals surface area contributed by atoms with E-state index in [-0.39, 0.29) is 18.0 Å². The first-order chi connectivity index (χ1) is 11.2. The molecule has 1 heterocycles. The van der Waals surface area contributed by atoms with E-state index in [2.05, 4.69) is 10.0 Å². The maximum Gasteiger partial charge on any atom is 0.234 e. The summed E-state index contributed by atoms with van der Waals surface area (Å²) in [6.07, 6.45) is 2.59. The number of piperidine rings is 1. The van der Waals surface area contributed by atoms with Gasteiger partial charge >= 0.3 is 0 Å². The van der Waals surface area contributed by atoms with Crippen molar-refractivity contribution in [2.24, 2.45) is 0 Å². The molecule has 0 bridgehead atoms. The fourth-order valence-corrected chi connectivity index (χ4v) is 4.05. The Morgan fingerprint density at radius 1 is 1.33 bits per heavy atom. The van der Waals surface area contributed by atoms with E-state index in [0.717, 1.165) is 5.56 Å². The van der Waals surface area contributed by atoms with Crippen molar-refractivity contribution in [1.29, 1.82) is 0 Å². The summed E-state index contributed by atoms with van der Waals surface area (Å²) in [4.78, 5) is 14.2. The topological polar surface area (TPSA) is 78.5 Å². The number of hydrogen-bond acceptors (Lipinski definition) is 4. The van der Waals surface area contributed by atoms with Gasteiger partial charge in [0.2, 0.25) is 15.9 Å². The number of halogens is 1. The highest BCUT2D eigenvalue weighted by molar-refractivity contribution is 7.88. The van der Waals surface area contributed by atoms with Gasteiger partial charge in [-0.25, -0.2) is 13.1 Å². The van der Waals surface area contributed by atoms with Crippen molar-refractivity contribution in [3.8, 4) is 0 Å². The molecule has 24 heavy (non-hydrogen) atoms. The van der Waals surface area contributed by atoms with Crippen LogP contribution in [0.1, 0.15) is 31.4 Å². The monoisotopic (exact) mass is 373 g/mol. The molecule has 1 aromatic carbocycles. The average Bonchev–Trinajstić information content (AvgIpc) is 2.48. The molecule has 0 radical (unpaired) electrons. The Morgan fingerprint density at radius 2 is 1.96 bits per heavy atom. The molecule has 0 spiro atoms. The van der Waals surface area contributed by atoms with Crippen LogP contribution < -0.4 is 10.0 Å². The van der Waals surface area contributed by atoms with Crippen LogP contribution in [0.3, 0.4) is 0 Å². The molecule has 0 aliphatic carbocycles. The lowest BCUT2D eigenvalue weighted by molar-refractivity contribution is -0.123. The minimum Gasteiger partial charge on any atom is -0.348 e. The van der Waals surface area contributed by atoms with Gasteiger partial charge in [-0.1, -0.05) is 29.8 Å². The number of hydrogen-bond donors (Lipinski definition) is 2. The zero-order valence-electron chi connectivity index (χ0n) is 14.0. The maximum atomic E-state index is 12.2. The number of carbonyl (C=O) groups is 1. The van der Waals surface area contributed by atoms with E-state index >= 15 is 0 Å². The van der Waals surface area contributed by atoms with Crippen LogP contribution in [-0.4, -0.2) is 51.2 Å². The normalized spacial score (nSPS) is 18.3. The van der Waals surface area contributed by atoms with Crippen molar-refractivity contribution in [3.05, 3.63) is 34.9 Å². The summed E-state index contributed by atoms with van der Waals surface area (Å²) in [5.74, 6) is -0.0584. The Bertz CT molecular complexity index is 673. The van der Waals surface area contributed by atoms with Gasteiger partial charge in [0.25, 0.3) is 0 Å². The first kappa shape index (κ1) is 19.2. The summed E-state index contributed by atoms with van der Waals surface area (Å²) in [7, 11) is -3.18. The molecule has 1 aliphatic rings. The highest BCUT2D eigenvalue weighted by Gasteiger charge is 2.23. The number of nitrogens with one attached hydrogen (secondary N) is 2. The van der Waals surface area contributed by atoms with Crippen molar-refractivity contribution in [2.75, 3.05) is 25.9 Å². The predicted octanol–water partition coefficient (Wildman–Crippen LogP) is 1.53. The van der Waals surface area contributed by atoms with Crippen LogP contribution in [-0.2, 0) is 14.8 Å². The smallest absolute Gasteiger partial charge is 0.234 e. The number of nitrogens with zero attached hydrogens (tertiary/aromatic N) is 1. The minimum absolute atomic E-state index is 0.0404. The zero-order chi connectivity index (χ0) is 17.7. The van der Waals surface area contributed by atoms with Crippen LogP contribution in [0.4, 0.5) is 0 Å². The first-order valence-corrected chi connectivity index (χ1v) is 10.2. The van der Waals surface area contributed by atoms with E-state index in [1.165, 1.54) is 6.26 Å². The van der Waals surface area contributed by atoms with Crippen LogP contribution >= 0.6 is 11.6 Å². The van der Waals surface area contributed by atoms with Gasteiger partial charge < -0.3 is 5.32 Å². The number of sulfonamides is 1. The molecule has 1 aromatic rings. The summed E-state index contributed by atoms with van der Waals surface area (Å²) in [6, 6.07) is 7.25. The van der Waals surface area contributed by atoms with E-state index in [1.807, 2.05) is 30.0 Å². The summed E-state index contributed by atoms with van der Waals surface area (Å²) >= 11 is 6.15. The second-order valence-corrected chi connectivity index (χ2v) is 8.44. The van der Waals surface area contributed by atoms with Crippen molar-refractivity contribution < 1.29 is 13.2 Å². The molecule has 1 atom stereocenters. The third kappa shape index (κ3) is 6.05. The molecule has 1 aliphatic heterocycles. The zero-order valence-corrected chi connectivity index (χ0v) is 15.5. The number of rotatable bonds is 6. The van der Waals surface area contributed by atoms with Crippen molar-refractivity contribution in [1.82, 2.24) is 14.9 Å². The molecule has 134 valence electrons. The molecule has 2 rings (SSSR count). The number of carbonyl (C=O) groups excluding carboxylic acids is 1. The Balaban J connectivity index is 1.79. The van der Waals surface area contributed by atoms with Crippen LogP contribution in [0.25, 0.3) is 0 Å². The lowest BCUT2D eigenvalue weighted by atomic mass is 10.1. The quantitative estimate of drug-likeness (QED) is 0.792. The second kappa shape index (κ2) is 8.29. The molecule has 1 unspecified atom stereocenters. The molecule has 8 heteroatoms. The van der Waals surface area contributed by atoms with E-state index < -0.39 is 10.0 Å². The average molecular weight is 374 g/mol. The van der Waals surface area contributed by atoms with Crippen molar-refractivity contribution >= 4 is 27.5 Å². The van der Waals surface area contributed by atoms with E-state index in [0.29, 0.717) is 37.5 Å². The van der Waals surface area contributed by atoms with E-state index in [1.54, 1.807) is 6.07 Å². The maximum absolute atomic E-state index is 12.2. The van der Waals surface area contributed by atoms with Crippen LogP contribution in [0.5, 0.6) is 0 Å². The minimum atomic E-state index is -3.18. The molecule has 0 saturated carbocycles. The van der Waals surface area contributed by atoms with Gasteiger partial charge in [-0.3, -0.25) is 9.69 Å². The Hall–Kier alpha value is -1.15. The van der Waals surface area contributed by atoms with Crippen molar-refractivity contribution in [3.63, 3.8) is 0 Å². The third-order valence-corrected chi connectivity index (χ3v) is 5.19. The van der Waals surface area contributed by atoms with Crippen LogP contribution in [0, 0.1) is 0 Å². The van der Waals surface area contributed by atoms with Crippen LogP contribution in [0.15, 0.2) is 24.3 Å². The summed E-state index contributed by atoms with van der Waals surface area (Å²) < 4.78 is 25.1. The third-order valence-electron chi connectivity index (χ3n) is 4.08. The molecule has 1 amide bonds. The van der Waals surface area contributed by atoms with Gasteiger partial charge in [0.15, 0.2) is 0 Å². The molecule has 1 saturated heterocycles. The second-order valence-electron chi connectivity index (χ2n) is 6.25. The SMILES string of the molecule is CC(NC(=O)CN1CCC(NS(C)(=O)=O)CC1)c1ccccc1Cl. The number of benzene rings is 1. The lowest BCUT2D eigenvalue weighted by Crippen LogP contribution is -2.47. The summed E-state index contributed by atoms with van der Waals surface area (Å²) in [5.41, 5.74) is 0.892. The van der Waals surface area contributed by atoms with Gasteiger partial charge in [0, 0.05) is 24.2 Å². The van der Waals surface area contributed by atoms with Gasteiger partial charge in [-0.2, -0.15) is 0 Å². The van der Waals surface area contributed by atoms with Gasteiger partial charge in [-0.05, 0) is 31.4 Å². The van der Waals surface area contributed by atoms with Gasteiger partial charge in [0.1, 0.15) is 0 Å². The fourth-order valence-electron chi connectivity index (χ4n) is 2.91. The van der Waals surface area contributed by atoms with E-state index in [9.17, 15) is 13.2 Å². The summed E-state index contributed by atoms with van der Waals surface area (Å²) in [5, 5.41) is 3.59. The molecule has 1 fully saturated rings. The van der Waals surface area contributed by atoms with Crippen LogP contribution in [0.2, 0.25) is 5.02 Å². The Kier molecular flexibility index (Phi) is 6.62. The van der Waals surface area contributed by atoms with Gasteiger partial charge in [-0.15, -0.1) is 0 Å². The Morgan fingerprint density at radius 3 is 2.54 bits per heavy atom. The largest absolute Gasteiger partial charge is 0.348 e. The standard InChI is InChI=1S/C16H24ClN3O3S/c1-12(14-5-3-4-6-15(14)17)18-16(21)11-20-9-7-13(8-10-20)19-24(2,22)23/h3-6,12-13,19H,7-11H2,1-2H3,(H,18,21). The fraction of sp³-hybridized carbons (Fsp3) is 0.562. The molecular weight excluding hydrogens is 350 g/mol. The molecule has 2 N–H and O–H groups in total. The highest BCUT2D eigenvalue weighted by Crippen LogP contribution is 2.22. The Labute approximate surface area is 148 Å². The molecule has 6 nitrogen and oxygen atoms in total. The van der Waals surface area contributed by atoms with Crippen molar-refractivity contribution in [2.45, 2.75) is 31.8 Å². The van der Waals surface area contributed by atoms with Gasteiger partial charge in [0.05, 0.1) is 18.8 Å². The molecule has 0 aromatic heterocycles. The van der Waals surface area contributed by atoms with E-state index in [4.69, 9.17) is 11.6 Å².